The average Bonchev–Trinajstić information content (AvgIpc) is 2.07. The van der Waals surface area contributed by atoms with Crippen molar-refractivity contribution in [3.8, 4) is 0 Å². The zero-order chi connectivity index (χ0) is 9.41. The normalized spacial score (nSPS) is 26.8. The van der Waals surface area contributed by atoms with Crippen LogP contribution in [0.15, 0.2) is 0 Å². The van der Waals surface area contributed by atoms with Crippen LogP contribution < -0.4 is 23.6 Å². The third-order valence-electron chi connectivity index (χ3n) is 1.80. The van der Waals surface area contributed by atoms with Crippen LogP contribution in [-0.4, -0.2) is 24.9 Å². The Morgan fingerprint density at radius 1 is 1.46 bits per heavy atom. The predicted octanol–water partition coefficient (Wildman–Crippen LogP) is -2.77. The van der Waals surface area contributed by atoms with Crippen molar-refractivity contribution in [2.45, 2.75) is 31.2 Å². The van der Waals surface area contributed by atoms with Crippen LogP contribution in [0, 0.1) is 0 Å². The van der Waals surface area contributed by atoms with E-state index in [0.717, 1.165) is 0 Å². The topological polar surface area (TPSA) is 69.2 Å². The van der Waals surface area contributed by atoms with Gasteiger partial charge in [0.2, 0.25) is 0 Å². The first-order chi connectivity index (χ1) is 5.31. The minimum absolute atomic E-state index is 0. The molecule has 0 radical (unpaired) electrons. The molecule has 1 saturated carbocycles. The van der Waals surface area contributed by atoms with Crippen LogP contribution in [0.2, 0.25) is 0 Å². The van der Waals surface area contributed by atoms with Crippen LogP contribution in [0.4, 0.5) is 8.78 Å². The summed E-state index contributed by atoms with van der Waals surface area (Å²) in [6.07, 6.45) is -0.102. The Morgan fingerprint density at radius 3 is 2.31 bits per heavy atom. The number of hydrogen-bond acceptors (Lipinski definition) is 3. The third-order valence-corrected chi connectivity index (χ3v) is 2.37. The largest absolute Gasteiger partial charge is 1.00 e. The van der Waals surface area contributed by atoms with Crippen molar-refractivity contribution in [1.29, 1.82) is 0 Å². The van der Waals surface area contributed by atoms with Crippen LogP contribution in [-0.2, 0) is 10.3 Å². The summed E-state index contributed by atoms with van der Waals surface area (Å²) in [7, 11) is -4.76. The molecule has 1 N–H and O–H groups in total. The molecular formula is C5H8F2LiNO3S. The van der Waals surface area contributed by atoms with Gasteiger partial charge in [0.05, 0.1) is 6.04 Å². The minimum atomic E-state index is -4.76. The Labute approximate surface area is 87.1 Å². The Hall–Kier alpha value is 0.327. The molecule has 0 heterocycles. The minimum Gasteiger partial charge on any atom is -0.735 e. The van der Waals surface area contributed by atoms with Gasteiger partial charge in [-0.15, -0.1) is 0 Å². The summed E-state index contributed by atoms with van der Waals surface area (Å²) >= 11 is 0. The molecule has 0 aromatic carbocycles. The second-order valence-corrected chi connectivity index (χ2v) is 3.92. The van der Waals surface area contributed by atoms with Gasteiger partial charge in [-0.1, -0.05) is 0 Å². The number of halogens is 2. The molecule has 0 aliphatic heterocycles. The van der Waals surface area contributed by atoms with Crippen molar-refractivity contribution < 1.29 is 40.6 Å². The molecule has 1 fully saturated rings. The van der Waals surface area contributed by atoms with Crippen molar-refractivity contribution >= 4 is 10.3 Å². The Morgan fingerprint density at radius 2 is 2.00 bits per heavy atom. The molecule has 0 bridgehead atoms. The predicted molar refractivity (Wildman–Crippen MR) is 35.4 cm³/mol. The van der Waals surface area contributed by atoms with Crippen LogP contribution in [0.3, 0.4) is 0 Å². The van der Waals surface area contributed by atoms with Gasteiger partial charge in [-0.05, 0) is 12.8 Å². The zero-order valence-corrected chi connectivity index (χ0v) is 7.90. The van der Waals surface area contributed by atoms with Gasteiger partial charge in [-0.25, -0.2) is 21.9 Å². The Kier molecular flexibility index (Phi) is 4.34. The maximum atomic E-state index is 12.7. The first-order valence-electron chi connectivity index (χ1n) is 3.42. The average molecular weight is 207 g/mol. The number of alkyl halides is 2. The summed E-state index contributed by atoms with van der Waals surface area (Å²) in [4.78, 5) is 0. The van der Waals surface area contributed by atoms with Gasteiger partial charge in [-0.2, -0.15) is 0 Å². The van der Waals surface area contributed by atoms with E-state index in [0.29, 0.717) is 0 Å². The van der Waals surface area contributed by atoms with Gasteiger partial charge in [0.15, 0.2) is 10.3 Å². The molecule has 1 rings (SSSR count). The first-order valence-corrected chi connectivity index (χ1v) is 4.83. The van der Waals surface area contributed by atoms with Gasteiger partial charge >= 0.3 is 18.9 Å². The quantitative estimate of drug-likeness (QED) is 0.393. The SMILES string of the molecule is O=S(=O)([O-])NC1CCCC1(F)F.[Li+]. The molecule has 1 aliphatic carbocycles. The van der Waals surface area contributed by atoms with Crippen molar-refractivity contribution in [2.24, 2.45) is 0 Å². The Bertz CT molecular complexity index is 269. The van der Waals surface area contributed by atoms with Gasteiger partial charge in [0, 0.05) is 6.42 Å². The smallest absolute Gasteiger partial charge is 0.735 e. The van der Waals surface area contributed by atoms with E-state index < -0.39 is 22.3 Å². The molecule has 0 amide bonds. The zero-order valence-electron chi connectivity index (χ0n) is 7.09. The second kappa shape index (κ2) is 4.23. The monoisotopic (exact) mass is 207 g/mol. The van der Waals surface area contributed by atoms with E-state index in [1.807, 2.05) is 0 Å². The van der Waals surface area contributed by atoms with Crippen LogP contribution in [0.1, 0.15) is 19.3 Å². The van der Waals surface area contributed by atoms with Gasteiger partial charge in [0.25, 0.3) is 5.92 Å². The third kappa shape index (κ3) is 3.91. The molecule has 0 spiro atoms. The molecule has 13 heavy (non-hydrogen) atoms. The van der Waals surface area contributed by atoms with Crippen molar-refractivity contribution in [1.82, 2.24) is 4.72 Å². The maximum Gasteiger partial charge on any atom is 1.00 e. The number of rotatable bonds is 2. The molecule has 0 aromatic heterocycles. The number of nitrogens with one attached hydrogen (secondary N) is 1. The molecule has 1 aliphatic rings. The van der Waals surface area contributed by atoms with E-state index in [1.165, 1.54) is 4.72 Å². The summed E-state index contributed by atoms with van der Waals surface area (Å²) in [5, 5.41) is 0. The van der Waals surface area contributed by atoms with Gasteiger partial charge in [0.1, 0.15) is 0 Å². The van der Waals surface area contributed by atoms with Gasteiger partial charge < -0.3 is 4.55 Å². The van der Waals surface area contributed by atoms with E-state index in [2.05, 4.69) is 0 Å². The van der Waals surface area contributed by atoms with E-state index >= 15 is 0 Å². The standard InChI is InChI=1S/C5H9F2NO3S.Li/c6-5(7)3-1-2-4(5)8-12(9,10)11;/h4,8H,1-3H2,(H,9,10,11);/q;+1/p-1. The van der Waals surface area contributed by atoms with E-state index in [1.54, 1.807) is 0 Å². The fourth-order valence-electron chi connectivity index (χ4n) is 1.25. The van der Waals surface area contributed by atoms with Gasteiger partial charge in [-0.3, -0.25) is 0 Å². The van der Waals surface area contributed by atoms with E-state index in [9.17, 15) is 21.8 Å². The number of hydrogen-bond donors (Lipinski definition) is 1. The molecule has 72 valence electrons. The van der Waals surface area contributed by atoms with Crippen LogP contribution in [0.25, 0.3) is 0 Å². The molecule has 0 aromatic rings. The molecule has 1 atom stereocenters. The van der Waals surface area contributed by atoms with Crippen molar-refractivity contribution in [2.75, 3.05) is 0 Å². The summed E-state index contributed by atoms with van der Waals surface area (Å²) in [5.74, 6) is -3.07. The molecule has 1 unspecified atom stereocenters. The fraction of sp³-hybridized carbons (Fsp3) is 1.00. The summed E-state index contributed by atoms with van der Waals surface area (Å²) < 4.78 is 56.9. The van der Waals surface area contributed by atoms with Crippen molar-refractivity contribution in [3.05, 3.63) is 0 Å². The summed E-state index contributed by atoms with van der Waals surface area (Å²) in [6, 6.07) is -1.51. The van der Waals surface area contributed by atoms with E-state index in [4.69, 9.17) is 0 Å². The van der Waals surface area contributed by atoms with Crippen LogP contribution >= 0.6 is 0 Å². The van der Waals surface area contributed by atoms with Crippen molar-refractivity contribution in [3.63, 3.8) is 0 Å². The summed E-state index contributed by atoms with van der Waals surface area (Å²) in [5.41, 5.74) is 0. The Balaban J connectivity index is 0.00000144. The second-order valence-electron chi connectivity index (χ2n) is 2.78. The molecular weight excluding hydrogens is 199 g/mol. The molecule has 4 nitrogen and oxygen atoms in total. The summed E-state index contributed by atoms with van der Waals surface area (Å²) in [6.45, 7) is 0. The van der Waals surface area contributed by atoms with E-state index in [-0.39, 0.29) is 38.1 Å². The fourth-order valence-corrected chi connectivity index (χ4v) is 1.89. The maximum absolute atomic E-state index is 12.7. The van der Waals surface area contributed by atoms with Crippen LogP contribution in [0.5, 0.6) is 0 Å². The first kappa shape index (κ1) is 13.3. The molecule has 0 saturated heterocycles. The molecule has 8 heteroatoms.